The van der Waals surface area contributed by atoms with Crippen LogP contribution in [0.4, 0.5) is 0 Å². The van der Waals surface area contributed by atoms with Gasteiger partial charge in [0.2, 0.25) is 0 Å². The number of nitrogens with zero attached hydrogens (tertiary/aromatic N) is 2. The molecule has 0 bridgehead atoms. The van der Waals surface area contributed by atoms with Crippen LogP contribution < -0.4 is 4.57 Å². The van der Waals surface area contributed by atoms with Gasteiger partial charge in [-0.15, -0.1) is 0 Å². The van der Waals surface area contributed by atoms with Gasteiger partial charge in [-0.2, -0.15) is 0 Å². The van der Waals surface area contributed by atoms with Crippen molar-refractivity contribution in [1.82, 2.24) is 4.57 Å². The Morgan fingerprint density at radius 2 is 1.52 bits per heavy atom. The van der Waals surface area contributed by atoms with Gasteiger partial charge in [0.05, 0.1) is 6.54 Å². The molecule has 0 aliphatic heterocycles. The predicted octanol–water partition coefficient (Wildman–Crippen LogP) is 5.42. The van der Waals surface area contributed by atoms with E-state index >= 15 is 0 Å². The second kappa shape index (κ2) is 13.2. The third kappa shape index (κ3) is 8.84. The first-order chi connectivity index (χ1) is 11.3. The SMILES string of the molecule is CCCCCC#CCn1cc[n+](CCCCCCCCC)c1C. The standard InChI is InChI=1S/C21H37N2/c1-4-6-8-10-12-14-16-18-23-20-19-22(21(23)3)17-15-13-11-9-7-5-2/h19-20H,4-12,14,16-18H2,1-3H3/q+1. The van der Waals surface area contributed by atoms with Crippen LogP contribution in [0.5, 0.6) is 0 Å². The molecule has 1 aromatic heterocycles. The van der Waals surface area contributed by atoms with Crippen LogP contribution in [-0.4, -0.2) is 4.57 Å². The Hall–Kier alpha value is -1.23. The summed E-state index contributed by atoms with van der Waals surface area (Å²) in [5, 5.41) is 0. The second-order valence-electron chi connectivity index (χ2n) is 6.60. The van der Waals surface area contributed by atoms with Crippen molar-refractivity contribution in [3.63, 3.8) is 0 Å². The van der Waals surface area contributed by atoms with Crippen molar-refractivity contribution in [2.45, 2.75) is 104 Å². The molecule has 0 aliphatic rings. The lowest BCUT2D eigenvalue weighted by atomic mass is 10.1. The normalized spacial score (nSPS) is 10.6. The highest BCUT2D eigenvalue weighted by Crippen LogP contribution is 2.07. The molecule has 0 amide bonds. The lowest BCUT2D eigenvalue weighted by Crippen LogP contribution is -2.35. The van der Waals surface area contributed by atoms with Crippen molar-refractivity contribution >= 4 is 0 Å². The molecule has 1 rings (SSSR count). The van der Waals surface area contributed by atoms with Crippen molar-refractivity contribution in [2.75, 3.05) is 0 Å². The van der Waals surface area contributed by atoms with E-state index in [0.29, 0.717) is 0 Å². The molecular weight excluding hydrogens is 280 g/mol. The summed E-state index contributed by atoms with van der Waals surface area (Å²) in [5.41, 5.74) is 0. The number of aromatic nitrogens is 2. The summed E-state index contributed by atoms with van der Waals surface area (Å²) in [6, 6.07) is 0. The average Bonchev–Trinajstić information content (AvgIpc) is 2.90. The molecule has 0 aliphatic carbocycles. The lowest BCUT2D eigenvalue weighted by molar-refractivity contribution is -0.702. The molecule has 1 heterocycles. The van der Waals surface area contributed by atoms with Gasteiger partial charge in [-0.1, -0.05) is 70.6 Å². The largest absolute Gasteiger partial charge is 0.254 e. The van der Waals surface area contributed by atoms with Crippen molar-refractivity contribution in [1.29, 1.82) is 0 Å². The zero-order valence-corrected chi connectivity index (χ0v) is 15.7. The maximum Gasteiger partial charge on any atom is 0.254 e. The van der Waals surface area contributed by atoms with Crippen LogP contribution >= 0.6 is 0 Å². The molecule has 0 spiro atoms. The summed E-state index contributed by atoms with van der Waals surface area (Å²) in [4.78, 5) is 0. The van der Waals surface area contributed by atoms with Crippen molar-refractivity contribution in [3.05, 3.63) is 18.2 Å². The van der Waals surface area contributed by atoms with Gasteiger partial charge in [-0.05, 0) is 19.3 Å². The van der Waals surface area contributed by atoms with E-state index in [-0.39, 0.29) is 0 Å². The summed E-state index contributed by atoms with van der Waals surface area (Å²) in [5.74, 6) is 7.94. The van der Waals surface area contributed by atoms with Crippen molar-refractivity contribution < 1.29 is 4.57 Å². The Labute approximate surface area is 144 Å². The Balaban J connectivity index is 2.22. The van der Waals surface area contributed by atoms with Gasteiger partial charge in [0, 0.05) is 13.3 Å². The molecule has 0 atom stereocenters. The monoisotopic (exact) mass is 317 g/mol. The first kappa shape index (κ1) is 19.8. The van der Waals surface area contributed by atoms with Crippen LogP contribution in [0.3, 0.4) is 0 Å². The maximum absolute atomic E-state index is 3.31. The predicted molar refractivity (Wildman–Crippen MR) is 99.3 cm³/mol. The Bertz CT molecular complexity index is 462. The Morgan fingerprint density at radius 3 is 2.26 bits per heavy atom. The van der Waals surface area contributed by atoms with Gasteiger partial charge >= 0.3 is 0 Å². The van der Waals surface area contributed by atoms with E-state index in [1.807, 2.05) is 0 Å². The van der Waals surface area contributed by atoms with Crippen LogP contribution in [0.2, 0.25) is 0 Å². The highest BCUT2D eigenvalue weighted by Gasteiger charge is 2.10. The zero-order valence-electron chi connectivity index (χ0n) is 15.7. The summed E-state index contributed by atoms with van der Waals surface area (Å²) in [7, 11) is 0. The summed E-state index contributed by atoms with van der Waals surface area (Å²) in [6.07, 6.45) is 18.9. The molecule has 2 heteroatoms. The first-order valence-electron chi connectivity index (χ1n) is 9.80. The third-order valence-electron chi connectivity index (χ3n) is 4.54. The Morgan fingerprint density at radius 1 is 0.870 bits per heavy atom. The zero-order chi connectivity index (χ0) is 16.8. The summed E-state index contributed by atoms with van der Waals surface area (Å²) < 4.78 is 4.65. The van der Waals surface area contributed by atoms with Crippen molar-refractivity contribution in [3.8, 4) is 11.8 Å². The lowest BCUT2D eigenvalue weighted by Gasteiger charge is -2.01. The van der Waals surface area contributed by atoms with E-state index in [9.17, 15) is 0 Å². The van der Waals surface area contributed by atoms with Crippen LogP contribution in [0.1, 0.15) is 90.3 Å². The number of aryl methyl sites for hydroxylation is 1. The minimum Gasteiger partial charge on any atom is -0.234 e. The minimum absolute atomic E-state index is 0.835. The van der Waals surface area contributed by atoms with E-state index in [0.717, 1.165) is 19.5 Å². The number of hydrogen-bond donors (Lipinski definition) is 0. The molecule has 0 aromatic carbocycles. The van der Waals surface area contributed by atoms with E-state index in [1.54, 1.807) is 0 Å². The molecule has 1 aromatic rings. The van der Waals surface area contributed by atoms with E-state index < -0.39 is 0 Å². The van der Waals surface area contributed by atoms with Gasteiger partial charge in [0.1, 0.15) is 12.4 Å². The average molecular weight is 318 g/mol. The third-order valence-corrected chi connectivity index (χ3v) is 4.54. The topological polar surface area (TPSA) is 8.81 Å². The molecule has 130 valence electrons. The van der Waals surface area contributed by atoms with Crippen LogP contribution in [-0.2, 0) is 13.1 Å². The molecular formula is C21H37N2+. The van der Waals surface area contributed by atoms with E-state index in [1.165, 1.54) is 70.0 Å². The van der Waals surface area contributed by atoms with Crippen molar-refractivity contribution in [2.24, 2.45) is 0 Å². The highest BCUT2D eigenvalue weighted by molar-refractivity contribution is 5.00. The smallest absolute Gasteiger partial charge is 0.234 e. The quantitative estimate of drug-likeness (QED) is 0.276. The molecule has 2 nitrogen and oxygen atoms in total. The van der Waals surface area contributed by atoms with Gasteiger partial charge in [0.25, 0.3) is 5.82 Å². The summed E-state index contributed by atoms with van der Waals surface area (Å²) >= 11 is 0. The van der Waals surface area contributed by atoms with E-state index in [2.05, 4.69) is 54.1 Å². The first-order valence-corrected chi connectivity index (χ1v) is 9.80. The molecule has 0 fully saturated rings. The molecule has 23 heavy (non-hydrogen) atoms. The Kier molecular flexibility index (Phi) is 11.4. The molecule has 0 radical (unpaired) electrons. The number of rotatable bonds is 12. The molecule has 0 unspecified atom stereocenters. The molecule has 0 N–H and O–H groups in total. The number of imidazole rings is 1. The van der Waals surface area contributed by atoms with Gasteiger partial charge in [-0.25, -0.2) is 9.13 Å². The fraction of sp³-hybridized carbons (Fsp3) is 0.762. The van der Waals surface area contributed by atoms with Crippen LogP contribution in [0, 0.1) is 18.8 Å². The fourth-order valence-corrected chi connectivity index (χ4v) is 2.88. The van der Waals surface area contributed by atoms with Gasteiger partial charge in [-0.3, -0.25) is 0 Å². The number of unbranched alkanes of at least 4 members (excludes halogenated alkanes) is 9. The van der Waals surface area contributed by atoms with Crippen LogP contribution in [0.15, 0.2) is 12.4 Å². The minimum atomic E-state index is 0.835. The molecule has 0 saturated heterocycles. The maximum atomic E-state index is 3.31. The van der Waals surface area contributed by atoms with E-state index in [4.69, 9.17) is 0 Å². The fourth-order valence-electron chi connectivity index (χ4n) is 2.88. The van der Waals surface area contributed by atoms with Gasteiger partial charge in [0.15, 0.2) is 6.54 Å². The highest BCUT2D eigenvalue weighted by atomic mass is 15.1. The number of hydrogen-bond acceptors (Lipinski definition) is 0. The van der Waals surface area contributed by atoms with Crippen LogP contribution in [0.25, 0.3) is 0 Å². The second-order valence-corrected chi connectivity index (χ2v) is 6.60. The van der Waals surface area contributed by atoms with Gasteiger partial charge < -0.3 is 0 Å². The molecule has 0 saturated carbocycles. The summed E-state index contributed by atoms with van der Waals surface area (Å²) in [6.45, 7) is 8.71.